The molecule has 3 amide bonds. The second-order valence-corrected chi connectivity index (χ2v) is 8.92. The maximum Gasteiger partial charge on any atom is 1.00 e. The average molecular weight is 506 g/mol. The first kappa shape index (κ1) is 27.2. The number of esters is 1. The molecule has 1 aromatic heterocycles. The summed E-state index contributed by atoms with van der Waals surface area (Å²) < 4.78 is 9.75. The molecule has 3 rings (SSSR count). The molecule has 2 aliphatic rings. The van der Waals surface area contributed by atoms with Gasteiger partial charge in [-0.05, 0) is 18.4 Å². The summed E-state index contributed by atoms with van der Waals surface area (Å²) >= 11 is 2.45. The van der Waals surface area contributed by atoms with Crippen LogP contribution in [0.5, 0.6) is 0 Å². The quantitative estimate of drug-likeness (QED) is 0.157. The van der Waals surface area contributed by atoms with Crippen molar-refractivity contribution in [3.63, 3.8) is 0 Å². The third-order valence-corrected chi connectivity index (χ3v) is 6.89. The van der Waals surface area contributed by atoms with Gasteiger partial charge in [-0.2, -0.15) is 0 Å². The Morgan fingerprint density at radius 1 is 1.27 bits per heavy atom. The number of alkyl carbamates (subject to hydrolysis) is 1. The standard InChI is InChI=1S/C19H21N3O8S2.Na/c1-3-29-18(28)21-19(20-13(24)7-12-5-4-6-31-12)16(27)22-14(15(25)26)11(8-30-10(2)23)9-32-17(19)22;/h4-6,17H,3,7-9H2,1-2H3,(H,20,24)(H,21,28)(H,25,26);/q;+1/p-1/t17-,19+;/m1./s1. The molecule has 2 N–H and O–H groups in total. The van der Waals surface area contributed by atoms with Crippen LogP contribution in [-0.4, -0.2) is 64.7 Å². The van der Waals surface area contributed by atoms with Gasteiger partial charge in [-0.1, -0.05) is 6.07 Å². The Labute approximate surface area is 219 Å². The van der Waals surface area contributed by atoms with Gasteiger partial charge >= 0.3 is 41.6 Å². The molecule has 0 radical (unpaired) electrons. The fourth-order valence-electron chi connectivity index (χ4n) is 3.33. The maximum absolute atomic E-state index is 13.2. The van der Waals surface area contributed by atoms with Crippen molar-refractivity contribution in [1.82, 2.24) is 15.5 Å². The molecule has 0 unspecified atom stereocenters. The van der Waals surface area contributed by atoms with Crippen LogP contribution in [-0.2, 0) is 35.1 Å². The van der Waals surface area contributed by atoms with Crippen molar-refractivity contribution < 1.29 is 68.1 Å². The Morgan fingerprint density at radius 3 is 2.58 bits per heavy atom. The Balaban J connectivity index is 0.00000385. The van der Waals surface area contributed by atoms with E-state index in [1.54, 1.807) is 24.4 Å². The molecule has 172 valence electrons. The number of aliphatic carboxylic acids is 1. The number of fused-ring (bicyclic) bond motifs is 1. The zero-order valence-electron chi connectivity index (χ0n) is 18.2. The maximum atomic E-state index is 13.2. The van der Waals surface area contributed by atoms with Gasteiger partial charge in [-0.25, -0.2) is 4.79 Å². The summed E-state index contributed by atoms with van der Waals surface area (Å²) in [6.45, 7) is 2.44. The number of thiophene rings is 1. The number of carboxylic acid groups (broad SMARTS) is 1. The molecule has 0 aromatic carbocycles. The Bertz CT molecular complexity index is 984. The van der Waals surface area contributed by atoms with Crippen LogP contribution in [0, 0.1) is 0 Å². The minimum Gasteiger partial charge on any atom is -0.543 e. The molecule has 2 atom stereocenters. The first-order valence-corrected chi connectivity index (χ1v) is 11.4. The monoisotopic (exact) mass is 505 g/mol. The SMILES string of the molecule is CCOC(=O)N[C@@]1(NC(=O)Cc2cccs2)C(=O)N2C(C(=O)[O-])=C(COC(C)=O)CS[C@@H]21.[Na+]. The largest absolute Gasteiger partial charge is 1.00 e. The fourth-order valence-corrected chi connectivity index (χ4v) is 5.43. The topological polar surface area (TPSA) is 154 Å². The normalized spacial score (nSPS) is 21.2. The van der Waals surface area contributed by atoms with Crippen molar-refractivity contribution in [1.29, 1.82) is 0 Å². The molecule has 2 aliphatic heterocycles. The van der Waals surface area contributed by atoms with E-state index < -0.39 is 46.6 Å². The number of hydrogen-bond donors (Lipinski definition) is 2. The van der Waals surface area contributed by atoms with Gasteiger partial charge in [0.2, 0.25) is 11.6 Å². The van der Waals surface area contributed by atoms with E-state index in [4.69, 9.17) is 9.47 Å². The summed E-state index contributed by atoms with van der Waals surface area (Å²) in [6.07, 6.45) is -0.975. The molecule has 1 saturated heterocycles. The second-order valence-electron chi connectivity index (χ2n) is 6.82. The third-order valence-electron chi connectivity index (χ3n) is 4.62. The van der Waals surface area contributed by atoms with E-state index in [0.29, 0.717) is 0 Å². The van der Waals surface area contributed by atoms with Gasteiger partial charge in [0.25, 0.3) is 5.91 Å². The molecule has 1 aromatic rings. The Kier molecular flexibility index (Phi) is 9.38. The number of carboxylic acids is 1. The number of thioether (sulfide) groups is 1. The Morgan fingerprint density at radius 2 is 2.00 bits per heavy atom. The summed E-state index contributed by atoms with van der Waals surface area (Å²) in [5, 5.41) is 17.6. The van der Waals surface area contributed by atoms with Crippen molar-refractivity contribution in [2.45, 2.75) is 31.3 Å². The zero-order valence-corrected chi connectivity index (χ0v) is 21.8. The molecular formula is C19H20N3NaO8S2. The van der Waals surface area contributed by atoms with E-state index in [0.717, 1.165) is 21.5 Å². The number of carbonyl (C=O) groups is 5. The molecule has 1 fully saturated rings. The van der Waals surface area contributed by atoms with Crippen LogP contribution in [0.2, 0.25) is 0 Å². The van der Waals surface area contributed by atoms with E-state index >= 15 is 0 Å². The summed E-state index contributed by atoms with van der Waals surface area (Å²) in [4.78, 5) is 62.6. The molecule has 11 nitrogen and oxygen atoms in total. The smallest absolute Gasteiger partial charge is 0.543 e. The molecule has 14 heteroatoms. The van der Waals surface area contributed by atoms with E-state index in [9.17, 15) is 29.1 Å². The van der Waals surface area contributed by atoms with Crippen molar-refractivity contribution >= 4 is 52.9 Å². The van der Waals surface area contributed by atoms with E-state index in [2.05, 4.69) is 10.6 Å². The van der Waals surface area contributed by atoms with Crippen LogP contribution in [0.3, 0.4) is 0 Å². The van der Waals surface area contributed by atoms with Gasteiger partial charge in [-0.15, -0.1) is 23.1 Å². The van der Waals surface area contributed by atoms with Crippen LogP contribution in [0.25, 0.3) is 0 Å². The third kappa shape index (κ3) is 5.72. The molecule has 0 aliphatic carbocycles. The van der Waals surface area contributed by atoms with Crippen LogP contribution in [0.1, 0.15) is 18.7 Å². The van der Waals surface area contributed by atoms with Gasteiger partial charge in [-0.3, -0.25) is 24.6 Å². The minimum absolute atomic E-state index is 0. The average Bonchev–Trinajstić information content (AvgIpc) is 3.23. The van der Waals surface area contributed by atoms with Crippen molar-refractivity contribution in [2.24, 2.45) is 0 Å². The van der Waals surface area contributed by atoms with Gasteiger partial charge in [0.05, 0.1) is 24.7 Å². The summed E-state index contributed by atoms with van der Waals surface area (Å²) in [7, 11) is 0. The number of nitrogens with one attached hydrogen (secondary N) is 2. The summed E-state index contributed by atoms with van der Waals surface area (Å²) in [5.74, 6) is -3.60. The number of amides is 3. The number of rotatable bonds is 8. The molecule has 0 bridgehead atoms. The Hall–Kier alpha value is -2.06. The van der Waals surface area contributed by atoms with Gasteiger partial charge in [0.15, 0.2) is 0 Å². The van der Waals surface area contributed by atoms with Gasteiger partial charge in [0.1, 0.15) is 12.0 Å². The van der Waals surface area contributed by atoms with Crippen LogP contribution in [0.4, 0.5) is 4.79 Å². The van der Waals surface area contributed by atoms with E-state index in [1.807, 2.05) is 0 Å². The zero-order chi connectivity index (χ0) is 23.5. The first-order chi connectivity index (χ1) is 15.2. The number of ether oxygens (including phenoxy) is 2. The minimum atomic E-state index is -1.90. The predicted octanol–water partition coefficient (Wildman–Crippen LogP) is -3.66. The van der Waals surface area contributed by atoms with Crippen molar-refractivity contribution in [3.05, 3.63) is 33.7 Å². The fraction of sp³-hybridized carbons (Fsp3) is 0.421. The van der Waals surface area contributed by atoms with Crippen LogP contribution < -0.4 is 45.3 Å². The van der Waals surface area contributed by atoms with Crippen molar-refractivity contribution in [3.8, 4) is 0 Å². The van der Waals surface area contributed by atoms with Crippen LogP contribution >= 0.6 is 23.1 Å². The first-order valence-electron chi connectivity index (χ1n) is 9.50. The number of hydrogen-bond acceptors (Lipinski definition) is 10. The molecular weight excluding hydrogens is 485 g/mol. The molecule has 0 spiro atoms. The van der Waals surface area contributed by atoms with E-state index in [-0.39, 0.29) is 60.5 Å². The summed E-state index contributed by atoms with van der Waals surface area (Å²) in [6, 6.07) is 3.52. The van der Waals surface area contributed by atoms with Crippen LogP contribution in [0.15, 0.2) is 28.8 Å². The van der Waals surface area contributed by atoms with Gasteiger partial charge < -0.3 is 24.7 Å². The van der Waals surface area contributed by atoms with Crippen molar-refractivity contribution in [2.75, 3.05) is 19.0 Å². The molecule has 3 heterocycles. The predicted molar refractivity (Wildman–Crippen MR) is 111 cm³/mol. The molecule has 33 heavy (non-hydrogen) atoms. The number of nitrogens with zero attached hydrogens (tertiary/aromatic N) is 1. The number of β-lactam (4-membered cyclic amide) rings is 1. The van der Waals surface area contributed by atoms with E-state index in [1.165, 1.54) is 18.3 Å². The molecule has 0 saturated carbocycles. The second kappa shape index (κ2) is 11.4. The summed E-state index contributed by atoms with van der Waals surface area (Å²) in [5.41, 5.74) is -2.18. The number of carbonyl (C=O) groups excluding carboxylic acids is 5. The van der Waals surface area contributed by atoms with Gasteiger partial charge in [0, 0.05) is 23.1 Å².